The summed E-state index contributed by atoms with van der Waals surface area (Å²) in [5.74, 6) is 0.225. The molecule has 1 unspecified atom stereocenters. The van der Waals surface area contributed by atoms with E-state index in [2.05, 4.69) is 65.4 Å². The molecule has 2 aliphatic heterocycles. The molecule has 0 spiro atoms. The zero-order valence-electron chi connectivity index (χ0n) is 15.5. The van der Waals surface area contributed by atoms with Gasteiger partial charge in [-0.15, -0.1) is 0 Å². The number of piperazine rings is 1. The second-order valence-corrected chi connectivity index (χ2v) is 7.44. The molecule has 4 rings (SSSR count). The summed E-state index contributed by atoms with van der Waals surface area (Å²) in [4.78, 5) is 19.9. The number of rotatable bonds is 3. The van der Waals surface area contributed by atoms with Crippen LogP contribution in [0.2, 0.25) is 0 Å². The van der Waals surface area contributed by atoms with Gasteiger partial charge in [0.2, 0.25) is 5.91 Å². The Labute approximate surface area is 156 Å². The average molecular weight is 349 g/mol. The lowest BCUT2D eigenvalue weighted by atomic mass is 10.0. The van der Waals surface area contributed by atoms with Gasteiger partial charge in [-0.25, -0.2) is 0 Å². The van der Waals surface area contributed by atoms with Gasteiger partial charge in [0, 0.05) is 37.9 Å². The minimum atomic E-state index is 0.225. The fourth-order valence-corrected chi connectivity index (χ4v) is 4.19. The van der Waals surface area contributed by atoms with Crippen LogP contribution in [0, 0.1) is 0 Å². The summed E-state index contributed by atoms with van der Waals surface area (Å²) in [5, 5.41) is 0. The molecule has 0 aliphatic carbocycles. The molecule has 1 saturated heterocycles. The lowest BCUT2D eigenvalue weighted by molar-refractivity contribution is -0.121. The van der Waals surface area contributed by atoms with Crippen molar-refractivity contribution in [1.29, 1.82) is 0 Å². The SMILES string of the molecule is CN1CCN(CC(=O)N2CCCc3ccccc32)C(c2ccccc2)C1. The lowest BCUT2D eigenvalue weighted by Gasteiger charge is -2.41. The van der Waals surface area contributed by atoms with E-state index >= 15 is 0 Å². The zero-order valence-corrected chi connectivity index (χ0v) is 15.5. The summed E-state index contributed by atoms with van der Waals surface area (Å²) >= 11 is 0. The molecule has 0 radical (unpaired) electrons. The number of amides is 1. The van der Waals surface area contributed by atoms with Gasteiger partial charge in [-0.1, -0.05) is 48.5 Å². The van der Waals surface area contributed by atoms with Crippen molar-refractivity contribution in [3.8, 4) is 0 Å². The Morgan fingerprint density at radius 3 is 2.62 bits per heavy atom. The number of benzene rings is 2. The summed E-state index contributed by atoms with van der Waals surface area (Å²) in [6.07, 6.45) is 2.12. The Morgan fingerprint density at radius 1 is 1.00 bits per heavy atom. The Bertz CT molecular complexity index is 761. The van der Waals surface area contributed by atoms with Crippen LogP contribution >= 0.6 is 0 Å². The molecule has 2 heterocycles. The molecule has 2 aliphatic rings. The predicted octanol–water partition coefficient (Wildman–Crippen LogP) is 2.95. The normalized spacial score (nSPS) is 21.4. The van der Waals surface area contributed by atoms with E-state index in [9.17, 15) is 4.79 Å². The first-order chi connectivity index (χ1) is 12.7. The minimum Gasteiger partial charge on any atom is -0.311 e. The number of carbonyl (C=O) groups excluding carboxylic acids is 1. The fourth-order valence-electron chi connectivity index (χ4n) is 4.19. The largest absolute Gasteiger partial charge is 0.311 e. The van der Waals surface area contributed by atoms with Crippen LogP contribution in [0.5, 0.6) is 0 Å². The number of para-hydroxylation sites is 1. The first-order valence-electron chi connectivity index (χ1n) is 9.58. The number of nitrogens with zero attached hydrogens (tertiary/aromatic N) is 3. The summed E-state index contributed by atoms with van der Waals surface area (Å²) in [6.45, 7) is 4.22. The van der Waals surface area contributed by atoms with Gasteiger partial charge in [-0.3, -0.25) is 9.69 Å². The second-order valence-electron chi connectivity index (χ2n) is 7.44. The van der Waals surface area contributed by atoms with Crippen molar-refractivity contribution in [2.45, 2.75) is 18.9 Å². The van der Waals surface area contributed by atoms with Gasteiger partial charge < -0.3 is 9.80 Å². The number of carbonyl (C=O) groups is 1. The van der Waals surface area contributed by atoms with Crippen LogP contribution in [-0.4, -0.2) is 55.5 Å². The molecule has 2 aromatic carbocycles. The van der Waals surface area contributed by atoms with Crippen molar-refractivity contribution in [1.82, 2.24) is 9.80 Å². The molecule has 4 heteroatoms. The molecule has 1 atom stereocenters. The van der Waals surface area contributed by atoms with Crippen molar-refractivity contribution in [2.75, 3.05) is 44.7 Å². The van der Waals surface area contributed by atoms with E-state index in [4.69, 9.17) is 0 Å². The summed E-state index contributed by atoms with van der Waals surface area (Å²) in [7, 11) is 2.16. The number of hydrogen-bond acceptors (Lipinski definition) is 3. The van der Waals surface area contributed by atoms with Crippen LogP contribution in [0.1, 0.15) is 23.6 Å². The van der Waals surface area contributed by atoms with Crippen molar-refractivity contribution in [2.24, 2.45) is 0 Å². The van der Waals surface area contributed by atoms with E-state index in [1.54, 1.807) is 0 Å². The molecular weight excluding hydrogens is 322 g/mol. The maximum absolute atomic E-state index is 13.2. The molecule has 0 aromatic heterocycles. The van der Waals surface area contributed by atoms with Crippen LogP contribution in [0.3, 0.4) is 0 Å². The lowest BCUT2D eigenvalue weighted by Crippen LogP contribution is -2.51. The Kier molecular flexibility index (Phi) is 5.05. The first kappa shape index (κ1) is 17.3. The fraction of sp³-hybridized carbons (Fsp3) is 0.409. The molecule has 136 valence electrons. The van der Waals surface area contributed by atoms with E-state index in [-0.39, 0.29) is 11.9 Å². The molecule has 2 aromatic rings. The van der Waals surface area contributed by atoms with Gasteiger partial charge >= 0.3 is 0 Å². The van der Waals surface area contributed by atoms with Gasteiger partial charge in [-0.05, 0) is 37.1 Å². The molecule has 1 fully saturated rings. The highest BCUT2D eigenvalue weighted by Gasteiger charge is 2.30. The molecule has 0 N–H and O–H groups in total. The van der Waals surface area contributed by atoms with E-state index in [0.717, 1.165) is 44.7 Å². The topological polar surface area (TPSA) is 26.8 Å². The molecule has 26 heavy (non-hydrogen) atoms. The quantitative estimate of drug-likeness (QED) is 0.852. The predicted molar refractivity (Wildman–Crippen MR) is 105 cm³/mol. The van der Waals surface area contributed by atoms with Crippen LogP contribution in [0.15, 0.2) is 54.6 Å². The number of hydrogen-bond donors (Lipinski definition) is 0. The molecule has 0 bridgehead atoms. The van der Waals surface area contributed by atoms with Gasteiger partial charge in [0.25, 0.3) is 0 Å². The van der Waals surface area contributed by atoms with E-state index in [0.29, 0.717) is 6.54 Å². The highest BCUT2D eigenvalue weighted by molar-refractivity contribution is 5.96. The second kappa shape index (κ2) is 7.60. The smallest absolute Gasteiger partial charge is 0.241 e. The average Bonchev–Trinajstić information content (AvgIpc) is 2.69. The maximum Gasteiger partial charge on any atom is 0.241 e. The number of anilines is 1. The number of likely N-dealkylation sites (N-methyl/N-ethyl adjacent to an activating group) is 1. The van der Waals surface area contributed by atoms with Gasteiger partial charge in [-0.2, -0.15) is 0 Å². The third kappa shape index (κ3) is 3.53. The number of aryl methyl sites for hydroxylation is 1. The zero-order chi connectivity index (χ0) is 17.9. The maximum atomic E-state index is 13.2. The number of fused-ring (bicyclic) bond motifs is 1. The van der Waals surface area contributed by atoms with Crippen LogP contribution in [0.4, 0.5) is 5.69 Å². The van der Waals surface area contributed by atoms with Crippen molar-refractivity contribution >= 4 is 11.6 Å². The standard InChI is InChI=1S/C22H27N3O/c1-23-14-15-24(21(16-23)19-8-3-2-4-9-19)17-22(26)25-13-7-11-18-10-5-6-12-20(18)25/h2-6,8-10,12,21H,7,11,13-17H2,1H3. The monoisotopic (exact) mass is 349 g/mol. The highest BCUT2D eigenvalue weighted by Crippen LogP contribution is 2.29. The highest BCUT2D eigenvalue weighted by atomic mass is 16.2. The summed E-state index contributed by atoms with van der Waals surface area (Å²) in [5.41, 5.74) is 3.70. The Balaban J connectivity index is 1.53. The third-order valence-electron chi connectivity index (χ3n) is 5.63. The van der Waals surface area contributed by atoms with Crippen molar-refractivity contribution in [3.05, 3.63) is 65.7 Å². The van der Waals surface area contributed by atoms with Gasteiger partial charge in [0.1, 0.15) is 0 Å². The molecule has 1 amide bonds. The Hall–Kier alpha value is -2.17. The van der Waals surface area contributed by atoms with Crippen LogP contribution < -0.4 is 4.90 Å². The van der Waals surface area contributed by atoms with Crippen molar-refractivity contribution < 1.29 is 4.79 Å². The van der Waals surface area contributed by atoms with E-state index < -0.39 is 0 Å². The van der Waals surface area contributed by atoms with Gasteiger partial charge in [0.05, 0.1) is 6.54 Å². The summed E-state index contributed by atoms with van der Waals surface area (Å²) < 4.78 is 0. The van der Waals surface area contributed by atoms with E-state index in [1.165, 1.54) is 11.1 Å². The first-order valence-corrected chi connectivity index (χ1v) is 9.58. The Morgan fingerprint density at radius 2 is 1.77 bits per heavy atom. The summed E-state index contributed by atoms with van der Waals surface area (Å²) in [6, 6.07) is 19.2. The van der Waals surface area contributed by atoms with E-state index in [1.807, 2.05) is 11.0 Å². The van der Waals surface area contributed by atoms with Crippen LogP contribution in [-0.2, 0) is 11.2 Å². The van der Waals surface area contributed by atoms with Crippen LogP contribution in [0.25, 0.3) is 0 Å². The molecule has 0 saturated carbocycles. The van der Waals surface area contributed by atoms with Gasteiger partial charge in [0.15, 0.2) is 0 Å². The molecular formula is C22H27N3O. The minimum absolute atomic E-state index is 0.225. The van der Waals surface area contributed by atoms with Crippen molar-refractivity contribution in [3.63, 3.8) is 0 Å². The molecule has 4 nitrogen and oxygen atoms in total. The third-order valence-corrected chi connectivity index (χ3v) is 5.63.